The lowest BCUT2D eigenvalue weighted by atomic mass is 10.2. The predicted molar refractivity (Wildman–Crippen MR) is 113 cm³/mol. The molecule has 0 unspecified atom stereocenters. The molecule has 1 aliphatic rings. The molecule has 0 radical (unpaired) electrons. The molecule has 0 saturated heterocycles. The van der Waals surface area contributed by atoms with E-state index in [1.54, 1.807) is 19.2 Å². The molecule has 0 bridgehead atoms. The Hall–Kier alpha value is -3.68. The van der Waals surface area contributed by atoms with E-state index in [9.17, 15) is 14.0 Å². The number of anilines is 2. The fourth-order valence-electron chi connectivity index (χ4n) is 4.03. The minimum absolute atomic E-state index is 0.0732. The third kappa shape index (κ3) is 2.75. The number of rotatable bonds is 3. The lowest BCUT2D eigenvalue weighted by Gasteiger charge is -2.16. The van der Waals surface area contributed by atoms with Gasteiger partial charge in [0, 0.05) is 25.8 Å². The molecule has 0 N–H and O–H groups in total. The Morgan fingerprint density at radius 3 is 2.57 bits per heavy atom. The van der Waals surface area contributed by atoms with Crippen molar-refractivity contribution in [3.8, 4) is 0 Å². The Bertz CT molecular complexity index is 1400. The van der Waals surface area contributed by atoms with Gasteiger partial charge in [0.1, 0.15) is 5.82 Å². The van der Waals surface area contributed by atoms with Crippen molar-refractivity contribution in [1.82, 2.24) is 18.7 Å². The molecule has 4 aromatic rings. The van der Waals surface area contributed by atoms with Gasteiger partial charge in [-0.1, -0.05) is 24.3 Å². The van der Waals surface area contributed by atoms with Crippen LogP contribution in [0.25, 0.3) is 11.2 Å². The van der Waals surface area contributed by atoms with Gasteiger partial charge in [-0.05, 0) is 42.3 Å². The summed E-state index contributed by atoms with van der Waals surface area (Å²) in [4.78, 5) is 32.9. The third-order valence-electron chi connectivity index (χ3n) is 5.57. The summed E-state index contributed by atoms with van der Waals surface area (Å²) >= 11 is 0. The maximum absolute atomic E-state index is 13.3. The molecule has 8 heteroatoms. The number of nitrogens with zero attached hydrogens (tertiary/aromatic N) is 5. The number of benzene rings is 2. The molecule has 30 heavy (non-hydrogen) atoms. The zero-order valence-electron chi connectivity index (χ0n) is 16.7. The van der Waals surface area contributed by atoms with E-state index < -0.39 is 5.69 Å². The lowest BCUT2D eigenvalue weighted by Crippen LogP contribution is -2.40. The lowest BCUT2D eigenvalue weighted by molar-refractivity contribution is 0.623. The number of halogens is 1. The number of fused-ring (bicyclic) bond motifs is 3. The fraction of sp³-hybridized carbons (Fsp3) is 0.227. The Morgan fingerprint density at radius 1 is 1.07 bits per heavy atom. The highest BCUT2D eigenvalue weighted by Gasteiger charge is 2.28. The van der Waals surface area contributed by atoms with Gasteiger partial charge < -0.3 is 9.47 Å². The van der Waals surface area contributed by atoms with E-state index in [1.807, 2.05) is 29.7 Å². The number of hydrogen-bond donors (Lipinski definition) is 0. The second kappa shape index (κ2) is 6.69. The van der Waals surface area contributed by atoms with Crippen molar-refractivity contribution in [3.05, 3.63) is 86.3 Å². The molecular weight excluding hydrogens is 385 g/mol. The van der Waals surface area contributed by atoms with Crippen LogP contribution in [0, 0.1) is 12.7 Å². The summed E-state index contributed by atoms with van der Waals surface area (Å²) in [6, 6.07) is 13.9. The van der Waals surface area contributed by atoms with Crippen LogP contribution < -0.4 is 16.1 Å². The van der Waals surface area contributed by atoms with E-state index in [1.165, 1.54) is 21.3 Å². The smallest absolute Gasteiger partial charge is 0.310 e. The standard InChI is InChI=1S/C22H20FN5O2/c1-14-4-3-5-17(12-14)26-10-11-27-18-19(24-21(26)27)25(2)22(30)28(20(18)29)13-15-6-8-16(23)9-7-15/h3-9,12H,10-11,13H2,1-2H3. The average Bonchev–Trinajstić information content (AvgIpc) is 3.30. The largest absolute Gasteiger partial charge is 0.332 e. The van der Waals surface area contributed by atoms with E-state index in [0.717, 1.165) is 11.3 Å². The second-order valence-electron chi connectivity index (χ2n) is 7.59. The first-order valence-corrected chi connectivity index (χ1v) is 9.73. The molecule has 0 atom stereocenters. The summed E-state index contributed by atoms with van der Waals surface area (Å²) in [6.07, 6.45) is 0. The first-order valence-electron chi connectivity index (χ1n) is 9.73. The van der Waals surface area contributed by atoms with Crippen LogP contribution in [-0.2, 0) is 20.1 Å². The van der Waals surface area contributed by atoms with Gasteiger partial charge >= 0.3 is 5.69 Å². The summed E-state index contributed by atoms with van der Waals surface area (Å²) in [5.74, 6) is 0.293. The first-order chi connectivity index (χ1) is 14.4. The zero-order valence-corrected chi connectivity index (χ0v) is 16.7. The van der Waals surface area contributed by atoms with Crippen molar-refractivity contribution in [2.45, 2.75) is 20.0 Å². The fourth-order valence-corrected chi connectivity index (χ4v) is 4.03. The van der Waals surface area contributed by atoms with E-state index in [0.29, 0.717) is 35.8 Å². The van der Waals surface area contributed by atoms with Crippen molar-refractivity contribution in [3.63, 3.8) is 0 Å². The van der Waals surface area contributed by atoms with Crippen molar-refractivity contribution >= 4 is 22.8 Å². The molecule has 0 aliphatic carbocycles. The molecular formula is C22H20FN5O2. The Morgan fingerprint density at radius 2 is 1.83 bits per heavy atom. The first kappa shape index (κ1) is 18.4. The van der Waals surface area contributed by atoms with Gasteiger partial charge in [-0.2, -0.15) is 4.98 Å². The van der Waals surface area contributed by atoms with Gasteiger partial charge in [0.05, 0.1) is 6.54 Å². The van der Waals surface area contributed by atoms with Crippen LogP contribution in [0.5, 0.6) is 0 Å². The van der Waals surface area contributed by atoms with Gasteiger partial charge in [0.2, 0.25) is 5.95 Å². The summed E-state index contributed by atoms with van der Waals surface area (Å²) in [6.45, 7) is 3.40. The highest BCUT2D eigenvalue weighted by atomic mass is 19.1. The summed E-state index contributed by atoms with van der Waals surface area (Å²) < 4.78 is 17.7. The van der Waals surface area contributed by atoms with Crippen LogP contribution in [0.4, 0.5) is 16.0 Å². The van der Waals surface area contributed by atoms with Crippen LogP contribution in [0.3, 0.4) is 0 Å². The van der Waals surface area contributed by atoms with E-state index >= 15 is 0 Å². The maximum atomic E-state index is 13.3. The van der Waals surface area contributed by atoms with Gasteiger partial charge in [0.15, 0.2) is 11.2 Å². The topological polar surface area (TPSA) is 65.1 Å². The third-order valence-corrected chi connectivity index (χ3v) is 5.57. The maximum Gasteiger partial charge on any atom is 0.332 e. The second-order valence-corrected chi connectivity index (χ2v) is 7.59. The summed E-state index contributed by atoms with van der Waals surface area (Å²) in [5, 5.41) is 0. The van der Waals surface area contributed by atoms with Crippen LogP contribution >= 0.6 is 0 Å². The normalized spacial score (nSPS) is 13.2. The van der Waals surface area contributed by atoms with Crippen molar-refractivity contribution in [1.29, 1.82) is 0 Å². The van der Waals surface area contributed by atoms with Gasteiger partial charge in [0.25, 0.3) is 5.56 Å². The molecule has 5 rings (SSSR count). The van der Waals surface area contributed by atoms with Crippen molar-refractivity contribution in [2.24, 2.45) is 7.05 Å². The van der Waals surface area contributed by atoms with Crippen molar-refractivity contribution in [2.75, 3.05) is 11.4 Å². The molecule has 1 aliphatic heterocycles. The van der Waals surface area contributed by atoms with Gasteiger partial charge in [-0.15, -0.1) is 0 Å². The van der Waals surface area contributed by atoms with Crippen LogP contribution in [0.1, 0.15) is 11.1 Å². The number of aromatic nitrogens is 4. The SMILES string of the molecule is Cc1cccc(N2CCn3c2nc2c3c(=O)n(Cc3ccc(F)cc3)c(=O)n2C)c1. The summed E-state index contributed by atoms with van der Waals surface area (Å²) in [5.41, 5.74) is 2.75. The van der Waals surface area contributed by atoms with E-state index in [-0.39, 0.29) is 17.9 Å². The number of aryl methyl sites for hydroxylation is 2. The quantitative estimate of drug-likeness (QED) is 0.526. The molecule has 0 amide bonds. The highest BCUT2D eigenvalue weighted by Crippen LogP contribution is 2.31. The molecule has 0 saturated carbocycles. The predicted octanol–water partition coefficient (Wildman–Crippen LogP) is 2.54. The summed E-state index contributed by atoms with van der Waals surface area (Å²) in [7, 11) is 1.62. The van der Waals surface area contributed by atoms with Crippen LogP contribution in [-0.4, -0.2) is 25.2 Å². The molecule has 7 nitrogen and oxygen atoms in total. The molecule has 2 aromatic carbocycles. The molecule has 0 spiro atoms. The molecule has 0 fully saturated rings. The van der Waals surface area contributed by atoms with Gasteiger partial charge in [-0.25, -0.2) is 9.18 Å². The highest BCUT2D eigenvalue weighted by molar-refractivity contribution is 5.77. The van der Waals surface area contributed by atoms with Gasteiger partial charge in [-0.3, -0.25) is 13.9 Å². The molecule has 3 heterocycles. The van der Waals surface area contributed by atoms with Crippen LogP contribution in [0.15, 0.2) is 58.1 Å². The molecule has 152 valence electrons. The van der Waals surface area contributed by atoms with E-state index in [2.05, 4.69) is 16.0 Å². The number of imidazole rings is 1. The van der Waals surface area contributed by atoms with E-state index in [4.69, 9.17) is 0 Å². The van der Waals surface area contributed by atoms with Crippen LogP contribution in [0.2, 0.25) is 0 Å². The Labute approximate surface area is 171 Å². The zero-order chi connectivity index (χ0) is 21.0. The average molecular weight is 405 g/mol. The minimum atomic E-state index is -0.448. The minimum Gasteiger partial charge on any atom is -0.310 e. The molecule has 2 aromatic heterocycles. The monoisotopic (exact) mass is 405 g/mol. The number of hydrogen-bond acceptors (Lipinski definition) is 4. The van der Waals surface area contributed by atoms with Crippen molar-refractivity contribution < 1.29 is 4.39 Å². The Kier molecular flexibility index (Phi) is 4.09. The Balaban J connectivity index is 1.67.